The van der Waals surface area contributed by atoms with Crippen molar-refractivity contribution in [2.75, 3.05) is 6.54 Å². The van der Waals surface area contributed by atoms with Crippen LogP contribution in [-0.4, -0.2) is 36.0 Å². The summed E-state index contributed by atoms with van der Waals surface area (Å²) in [7, 11) is -3.58. The van der Waals surface area contributed by atoms with Crippen LogP contribution in [0.2, 0.25) is 0 Å². The molecule has 0 radical (unpaired) electrons. The topological polar surface area (TPSA) is 57.6 Å². The molecule has 1 fully saturated rings. The first-order valence-electron chi connectivity index (χ1n) is 6.23. The Kier molecular flexibility index (Phi) is 4.07. The number of hydrogen-bond acceptors (Lipinski definition) is 3. The summed E-state index contributed by atoms with van der Waals surface area (Å²) in [6.45, 7) is 3.77. The van der Waals surface area contributed by atoms with E-state index in [-0.39, 0.29) is 10.9 Å². The zero-order chi connectivity index (χ0) is 14.3. The highest BCUT2D eigenvalue weighted by atomic mass is 79.9. The summed E-state index contributed by atoms with van der Waals surface area (Å²) < 4.78 is 27.4. The van der Waals surface area contributed by atoms with E-state index in [1.807, 2.05) is 0 Å². The zero-order valence-electron chi connectivity index (χ0n) is 11.0. The molecule has 1 saturated heterocycles. The minimum atomic E-state index is -3.58. The van der Waals surface area contributed by atoms with E-state index in [0.29, 0.717) is 17.4 Å². The monoisotopic (exact) mass is 347 g/mol. The molecule has 1 aliphatic rings. The fourth-order valence-electron chi connectivity index (χ4n) is 2.51. The van der Waals surface area contributed by atoms with Crippen molar-refractivity contribution >= 4 is 26.0 Å². The Bertz CT molecular complexity index is 565. The summed E-state index contributed by atoms with van der Waals surface area (Å²) in [5.41, 5.74) is -1.04. The second kappa shape index (κ2) is 5.16. The molecule has 106 valence electrons. The van der Waals surface area contributed by atoms with Crippen molar-refractivity contribution in [1.29, 1.82) is 0 Å². The molecular formula is C13H18BrNO3S. The molecule has 0 bridgehead atoms. The number of aliphatic hydroxyl groups is 1. The van der Waals surface area contributed by atoms with E-state index in [4.69, 9.17) is 0 Å². The number of sulfonamides is 1. The lowest BCUT2D eigenvalue weighted by molar-refractivity contribution is 0.0215. The normalized spacial score (nSPS) is 21.8. The molecular weight excluding hydrogens is 330 g/mol. The molecule has 1 heterocycles. The predicted molar refractivity (Wildman–Crippen MR) is 77.4 cm³/mol. The molecule has 1 aromatic carbocycles. The van der Waals surface area contributed by atoms with Gasteiger partial charge in [0.05, 0.1) is 16.5 Å². The van der Waals surface area contributed by atoms with Crippen LogP contribution in [0, 0.1) is 0 Å². The van der Waals surface area contributed by atoms with E-state index >= 15 is 0 Å². The molecule has 0 aliphatic carbocycles. The van der Waals surface area contributed by atoms with Crippen molar-refractivity contribution in [2.24, 2.45) is 0 Å². The molecule has 1 aromatic rings. The lowest BCUT2D eigenvalue weighted by Gasteiger charge is -2.33. The average Bonchev–Trinajstić information content (AvgIpc) is 2.78. The van der Waals surface area contributed by atoms with E-state index in [1.54, 1.807) is 38.1 Å². The van der Waals surface area contributed by atoms with Crippen molar-refractivity contribution in [3.05, 3.63) is 28.7 Å². The maximum Gasteiger partial charge on any atom is 0.244 e. The first-order chi connectivity index (χ1) is 8.74. The van der Waals surface area contributed by atoms with E-state index < -0.39 is 15.6 Å². The number of halogens is 1. The van der Waals surface area contributed by atoms with Gasteiger partial charge in [0, 0.05) is 11.0 Å². The molecule has 4 nitrogen and oxygen atoms in total. The highest BCUT2D eigenvalue weighted by molar-refractivity contribution is 9.10. The van der Waals surface area contributed by atoms with Crippen LogP contribution in [0.3, 0.4) is 0 Å². The summed E-state index contributed by atoms with van der Waals surface area (Å²) in [4.78, 5) is 0.256. The smallest absolute Gasteiger partial charge is 0.244 e. The van der Waals surface area contributed by atoms with Crippen molar-refractivity contribution in [1.82, 2.24) is 4.31 Å². The molecule has 2 rings (SSSR count). The van der Waals surface area contributed by atoms with E-state index in [9.17, 15) is 13.5 Å². The van der Waals surface area contributed by atoms with Gasteiger partial charge in [-0.3, -0.25) is 0 Å². The number of nitrogens with zero attached hydrogens (tertiary/aromatic N) is 1. The van der Waals surface area contributed by atoms with Crippen LogP contribution in [-0.2, 0) is 10.0 Å². The second-order valence-corrected chi connectivity index (χ2v) is 8.07. The molecule has 19 heavy (non-hydrogen) atoms. The molecule has 1 aliphatic heterocycles. The van der Waals surface area contributed by atoms with Crippen LogP contribution in [0.25, 0.3) is 0 Å². The van der Waals surface area contributed by atoms with E-state index in [1.165, 1.54) is 4.31 Å². The Labute approximate surface area is 122 Å². The summed E-state index contributed by atoms with van der Waals surface area (Å²) >= 11 is 3.28. The van der Waals surface area contributed by atoms with Crippen LogP contribution in [0.5, 0.6) is 0 Å². The largest absolute Gasteiger partial charge is 0.389 e. The number of benzene rings is 1. The van der Waals surface area contributed by atoms with Crippen LogP contribution < -0.4 is 0 Å². The fourth-order valence-corrected chi connectivity index (χ4v) is 5.30. The van der Waals surface area contributed by atoms with Crippen LogP contribution >= 0.6 is 15.9 Å². The summed E-state index contributed by atoms with van der Waals surface area (Å²) in [6.07, 6.45) is 1.46. The predicted octanol–water partition coefficient (Wildman–Crippen LogP) is 2.37. The second-order valence-electron chi connectivity index (χ2n) is 5.36. The van der Waals surface area contributed by atoms with Gasteiger partial charge in [0.1, 0.15) is 0 Å². The average molecular weight is 348 g/mol. The molecule has 0 amide bonds. The summed E-state index contributed by atoms with van der Waals surface area (Å²) in [6, 6.07) is 6.40. The van der Waals surface area contributed by atoms with Gasteiger partial charge < -0.3 is 5.11 Å². The summed E-state index contributed by atoms with van der Waals surface area (Å²) in [5, 5.41) is 10.1. The third-order valence-electron chi connectivity index (χ3n) is 3.44. The fraction of sp³-hybridized carbons (Fsp3) is 0.538. The number of rotatable bonds is 3. The standard InChI is InChI=1S/C13H18BrNO3S/c1-13(2,16)12-8-5-9-15(12)19(17,18)11-7-4-3-6-10(11)14/h3-4,6-7,12,16H,5,8-9H2,1-2H3. The van der Waals surface area contributed by atoms with Gasteiger partial charge in [-0.15, -0.1) is 0 Å². The van der Waals surface area contributed by atoms with Crippen LogP contribution in [0.4, 0.5) is 0 Å². The maximum atomic E-state index is 12.7. The highest BCUT2D eigenvalue weighted by Crippen LogP contribution is 2.34. The number of hydrogen-bond donors (Lipinski definition) is 1. The van der Waals surface area contributed by atoms with Gasteiger partial charge in [-0.1, -0.05) is 12.1 Å². The lowest BCUT2D eigenvalue weighted by Crippen LogP contribution is -2.48. The van der Waals surface area contributed by atoms with Gasteiger partial charge in [-0.25, -0.2) is 8.42 Å². The zero-order valence-corrected chi connectivity index (χ0v) is 13.4. The van der Waals surface area contributed by atoms with E-state index in [2.05, 4.69) is 15.9 Å². The quantitative estimate of drug-likeness (QED) is 0.913. The first-order valence-corrected chi connectivity index (χ1v) is 8.46. The van der Waals surface area contributed by atoms with Crippen molar-refractivity contribution in [3.63, 3.8) is 0 Å². The highest BCUT2D eigenvalue weighted by Gasteiger charge is 2.43. The Morgan fingerprint density at radius 2 is 2.00 bits per heavy atom. The molecule has 1 N–H and O–H groups in total. The van der Waals surface area contributed by atoms with Crippen molar-refractivity contribution in [2.45, 2.75) is 43.2 Å². The Morgan fingerprint density at radius 1 is 1.37 bits per heavy atom. The maximum absolute atomic E-state index is 12.7. The van der Waals surface area contributed by atoms with Gasteiger partial charge in [0.2, 0.25) is 10.0 Å². The molecule has 1 atom stereocenters. The summed E-state index contributed by atoms with van der Waals surface area (Å²) in [5.74, 6) is 0. The Balaban J connectivity index is 2.43. The molecule has 1 unspecified atom stereocenters. The van der Waals surface area contributed by atoms with Crippen LogP contribution in [0.15, 0.2) is 33.6 Å². The minimum Gasteiger partial charge on any atom is -0.389 e. The van der Waals surface area contributed by atoms with Gasteiger partial charge in [-0.2, -0.15) is 4.31 Å². The van der Waals surface area contributed by atoms with Crippen molar-refractivity contribution in [3.8, 4) is 0 Å². The molecule has 0 spiro atoms. The van der Waals surface area contributed by atoms with Crippen molar-refractivity contribution < 1.29 is 13.5 Å². The lowest BCUT2D eigenvalue weighted by atomic mass is 9.98. The SMILES string of the molecule is CC(C)(O)C1CCCN1S(=O)(=O)c1ccccc1Br. The first kappa shape index (κ1) is 15.0. The molecule has 0 aromatic heterocycles. The third-order valence-corrected chi connectivity index (χ3v) is 6.36. The van der Waals surface area contributed by atoms with Crippen LogP contribution in [0.1, 0.15) is 26.7 Å². The van der Waals surface area contributed by atoms with Gasteiger partial charge in [0.15, 0.2) is 0 Å². The Hall–Kier alpha value is -0.430. The van der Waals surface area contributed by atoms with Gasteiger partial charge in [0.25, 0.3) is 0 Å². The van der Waals surface area contributed by atoms with Gasteiger partial charge >= 0.3 is 0 Å². The molecule has 6 heteroatoms. The third kappa shape index (κ3) is 2.86. The Morgan fingerprint density at radius 3 is 2.58 bits per heavy atom. The van der Waals surface area contributed by atoms with Gasteiger partial charge in [-0.05, 0) is 54.8 Å². The van der Waals surface area contributed by atoms with E-state index in [0.717, 1.165) is 6.42 Å². The molecule has 0 saturated carbocycles. The minimum absolute atomic E-state index is 0.256.